The Labute approximate surface area is 354 Å². The summed E-state index contributed by atoms with van der Waals surface area (Å²) in [6.45, 7) is 5.93. The number of pyridine rings is 2. The van der Waals surface area contributed by atoms with Gasteiger partial charge in [-0.15, -0.1) is 20.4 Å². The van der Waals surface area contributed by atoms with Gasteiger partial charge in [-0.25, -0.2) is 9.97 Å². The van der Waals surface area contributed by atoms with E-state index in [0.717, 1.165) is 88.2 Å². The van der Waals surface area contributed by atoms with E-state index in [4.69, 9.17) is 19.4 Å². The molecule has 6 aromatic heterocycles. The molecule has 0 saturated carbocycles. The molecule has 0 bridgehead atoms. The Balaban J connectivity index is 0.959. The Morgan fingerprint density at radius 2 is 0.726 bits per heavy atom. The molecular weight excluding hydrogens is 771 g/mol. The monoisotopic (exact) mass is 805 g/mol. The standard InChI is InChI=1S/C51H35N9O2/c1-30-20-22-52-49(24-30)58-43-10-6-4-8-37(43)39-16-12-33(26-45(39)58)61-35-14-18-41-42-19-15-36(29-48(42)60(47(41)28-35)51-56-54-32(3)55-57-51)62-34-13-17-40-38-9-5-7-11-44(38)59(46(40)27-34)50-25-31(2)21-23-53-50/h4-29H,1-3H3. The van der Waals surface area contributed by atoms with Gasteiger partial charge in [0.1, 0.15) is 34.6 Å². The Morgan fingerprint density at radius 1 is 0.355 bits per heavy atom. The number of nitrogens with zero attached hydrogens (tertiary/aromatic N) is 9. The van der Waals surface area contributed by atoms with Crippen molar-refractivity contribution in [3.8, 4) is 40.6 Å². The van der Waals surface area contributed by atoms with Crippen LogP contribution in [-0.4, -0.2) is 44.1 Å². The van der Waals surface area contributed by atoms with E-state index in [2.05, 4.69) is 140 Å². The molecule has 0 N–H and O–H groups in total. The van der Waals surface area contributed by atoms with Crippen LogP contribution in [0.3, 0.4) is 0 Å². The highest BCUT2D eigenvalue weighted by Crippen LogP contribution is 2.40. The Morgan fingerprint density at radius 3 is 1.13 bits per heavy atom. The molecule has 11 nitrogen and oxygen atoms in total. The molecule has 11 heteroatoms. The summed E-state index contributed by atoms with van der Waals surface area (Å²) < 4.78 is 19.7. The topological polar surface area (TPSA) is 111 Å². The lowest BCUT2D eigenvalue weighted by Crippen LogP contribution is -2.06. The molecule has 0 atom stereocenters. The molecule has 0 aliphatic carbocycles. The Hall–Kier alpha value is -8.44. The molecule has 12 rings (SSSR count). The molecule has 0 aliphatic heterocycles. The van der Waals surface area contributed by atoms with Crippen LogP contribution in [-0.2, 0) is 0 Å². The van der Waals surface area contributed by atoms with Crippen molar-refractivity contribution >= 4 is 65.4 Å². The molecule has 6 aromatic carbocycles. The zero-order valence-corrected chi connectivity index (χ0v) is 33.9. The fraction of sp³-hybridized carbons (Fsp3) is 0.0588. The average Bonchev–Trinajstić information content (AvgIpc) is 3.91. The third kappa shape index (κ3) is 5.74. The van der Waals surface area contributed by atoms with Crippen LogP contribution in [0.15, 0.2) is 158 Å². The third-order valence-corrected chi connectivity index (χ3v) is 11.5. The summed E-state index contributed by atoms with van der Waals surface area (Å²) in [5.74, 6) is 5.19. The third-order valence-electron chi connectivity index (χ3n) is 11.5. The lowest BCUT2D eigenvalue weighted by molar-refractivity contribution is 0.484. The largest absolute Gasteiger partial charge is 0.457 e. The molecule has 6 heterocycles. The van der Waals surface area contributed by atoms with Gasteiger partial charge in [0.05, 0.1) is 33.1 Å². The second-order valence-corrected chi connectivity index (χ2v) is 15.6. The molecule has 0 fully saturated rings. The van der Waals surface area contributed by atoms with E-state index in [1.165, 1.54) is 0 Å². The van der Waals surface area contributed by atoms with Gasteiger partial charge >= 0.3 is 0 Å². The minimum Gasteiger partial charge on any atom is -0.457 e. The van der Waals surface area contributed by atoms with Crippen LogP contribution < -0.4 is 9.47 Å². The zero-order chi connectivity index (χ0) is 41.5. The second kappa shape index (κ2) is 13.8. The first-order valence-corrected chi connectivity index (χ1v) is 20.3. The number of ether oxygens (including phenoxy) is 2. The maximum absolute atomic E-state index is 6.67. The molecule has 0 amide bonds. The summed E-state index contributed by atoms with van der Waals surface area (Å²) >= 11 is 0. The van der Waals surface area contributed by atoms with Crippen LogP contribution in [0.4, 0.5) is 0 Å². The molecule has 296 valence electrons. The van der Waals surface area contributed by atoms with Crippen LogP contribution in [0.5, 0.6) is 23.0 Å². The number of benzene rings is 6. The maximum atomic E-state index is 6.67. The van der Waals surface area contributed by atoms with Crippen LogP contribution in [0.1, 0.15) is 17.0 Å². The molecule has 0 saturated heterocycles. The van der Waals surface area contributed by atoms with Crippen molar-refractivity contribution in [1.82, 2.24) is 44.1 Å². The van der Waals surface area contributed by atoms with Crippen molar-refractivity contribution in [2.24, 2.45) is 0 Å². The van der Waals surface area contributed by atoms with E-state index in [-0.39, 0.29) is 0 Å². The maximum Gasteiger partial charge on any atom is 0.273 e. The number of fused-ring (bicyclic) bond motifs is 9. The van der Waals surface area contributed by atoms with Gasteiger partial charge in [0, 0.05) is 69.0 Å². The summed E-state index contributed by atoms with van der Waals surface area (Å²) in [6.07, 6.45) is 3.70. The van der Waals surface area contributed by atoms with Crippen molar-refractivity contribution in [2.45, 2.75) is 20.8 Å². The van der Waals surface area contributed by atoms with Gasteiger partial charge in [-0.2, -0.15) is 0 Å². The smallest absolute Gasteiger partial charge is 0.273 e. The first-order chi connectivity index (χ1) is 30.4. The van der Waals surface area contributed by atoms with E-state index in [9.17, 15) is 0 Å². The minimum absolute atomic E-state index is 0.332. The summed E-state index contributed by atoms with van der Waals surface area (Å²) in [7, 11) is 0. The van der Waals surface area contributed by atoms with Gasteiger partial charge in [-0.1, -0.05) is 36.4 Å². The van der Waals surface area contributed by atoms with Gasteiger partial charge in [-0.3, -0.25) is 13.7 Å². The highest BCUT2D eigenvalue weighted by molar-refractivity contribution is 6.11. The average molecular weight is 806 g/mol. The van der Waals surface area contributed by atoms with Crippen LogP contribution in [0.25, 0.3) is 83.0 Å². The number of aryl methyl sites for hydroxylation is 3. The first-order valence-electron chi connectivity index (χ1n) is 20.3. The number of hydrogen-bond donors (Lipinski definition) is 0. The SMILES string of the molecule is Cc1ccnc(-n2c3ccccc3c3ccc(Oc4ccc5c6ccc(Oc7ccc8c9ccccc9n(-c9cc(C)ccn9)c8c7)cc6n(-c6nnc(C)nn6)c5c4)cc32)c1. The van der Waals surface area contributed by atoms with Crippen molar-refractivity contribution in [2.75, 3.05) is 0 Å². The fourth-order valence-corrected chi connectivity index (χ4v) is 8.76. The zero-order valence-electron chi connectivity index (χ0n) is 33.9. The predicted octanol–water partition coefficient (Wildman–Crippen LogP) is 11.9. The number of aromatic nitrogens is 9. The molecule has 0 radical (unpaired) electrons. The van der Waals surface area contributed by atoms with E-state index in [1.54, 1.807) is 6.92 Å². The lowest BCUT2D eigenvalue weighted by Gasteiger charge is -2.10. The second-order valence-electron chi connectivity index (χ2n) is 15.6. The Kier molecular flexibility index (Phi) is 7.91. The molecular formula is C51H35N9O2. The van der Waals surface area contributed by atoms with Gasteiger partial charge in [0.25, 0.3) is 5.95 Å². The van der Waals surface area contributed by atoms with Crippen LogP contribution in [0.2, 0.25) is 0 Å². The highest BCUT2D eigenvalue weighted by atomic mass is 16.5. The molecule has 0 spiro atoms. The van der Waals surface area contributed by atoms with Gasteiger partial charge in [-0.05, 0) is 117 Å². The highest BCUT2D eigenvalue weighted by Gasteiger charge is 2.20. The summed E-state index contributed by atoms with van der Waals surface area (Å²) in [5, 5.41) is 24.0. The fourth-order valence-electron chi connectivity index (χ4n) is 8.76. The van der Waals surface area contributed by atoms with Gasteiger partial charge in [0.15, 0.2) is 5.82 Å². The van der Waals surface area contributed by atoms with E-state index >= 15 is 0 Å². The lowest BCUT2D eigenvalue weighted by atomic mass is 10.1. The van der Waals surface area contributed by atoms with E-state index in [1.807, 2.05) is 65.5 Å². The summed E-state index contributed by atoms with van der Waals surface area (Å²) in [4.78, 5) is 9.49. The van der Waals surface area contributed by atoms with Gasteiger partial charge < -0.3 is 9.47 Å². The molecule has 0 aliphatic rings. The molecule has 0 unspecified atom stereocenters. The summed E-state index contributed by atoms with van der Waals surface area (Å²) in [6, 6.07) is 49.5. The summed E-state index contributed by atoms with van der Waals surface area (Å²) in [5.41, 5.74) is 8.10. The van der Waals surface area contributed by atoms with Crippen LogP contribution >= 0.6 is 0 Å². The van der Waals surface area contributed by atoms with Crippen molar-refractivity contribution < 1.29 is 9.47 Å². The molecule has 62 heavy (non-hydrogen) atoms. The predicted molar refractivity (Wildman–Crippen MR) is 243 cm³/mol. The van der Waals surface area contributed by atoms with Crippen molar-refractivity contribution in [1.29, 1.82) is 0 Å². The van der Waals surface area contributed by atoms with Crippen molar-refractivity contribution in [3.63, 3.8) is 0 Å². The molecule has 12 aromatic rings. The van der Waals surface area contributed by atoms with Gasteiger partial charge in [0.2, 0.25) is 0 Å². The Bertz CT molecular complexity index is 3530. The van der Waals surface area contributed by atoms with E-state index < -0.39 is 0 Å². The minimum atomic E-state index is 0.332. The quantitative estimate of drug-likeness (QED) is 0.157. The number of para-hydroxylation sites is 2. The number of rotatable bonds is 7. The number of hydrogen-bond acceptors (Lipinski definition) is 8. The van der Waals surface area contributed by atoms with Crippen LogP contribution in [0, 0.1) is 20.8 Å². The first kappa shape index (κ1) is 35.5. The van der Waals surface area contributed by atoms with Crippen molar-refractivity contribution in [3.05, 3.63) is 175 Å². The van der Waals surface area contributed by atoms with E-state index in [0.29, 0.717) is 34.8 Å². The normalized spacial score (nSPS) is 11.8.